The zero-order chi connectivity index (χ0) is 17.6. The number of carbonyl (C=O) groups is 2. The van der Waals surface area contributed by atoms with Gasteiger partial charge in [-0.3, -0.25) is 14.6 Å². The number of aromatic nitrogens is 1. The Bertz CT molecular complexity index is 771. The van der Waals surface area contributed by atoms with E-state index in [1.165, 1.54) is 6.20 Å². The van der Waals surface area contributed by atoms with E-state index < -0.39 is 0 Å². The summed E-state index contributed by atoms with van der Waals surface area (Å²) in [5.41, 5.74) is 1.29. The number of benzene rings is 1. The van der Waals surface area contributed by atoms with Crippen molar-refractivity contribution in [3.8, 4) is 0 Å². The molecule has 0 atom stereocenters. The zero-order valence-electron chi connectivity index (χ0n) is 13.9. The molecule has 5 nitrogen and oxygen atoms in total. The second-order valence-electron chi connectivity index (χ2n) is 6.10. The summed E-state index contributed by atoms with van der Waals surface area (Å²) < 4.78 is 0. The Morgan fingerprint density at radius 3 is 2.52 bits per heavy atom. The lowest BCUT2D eigenvalue weighted by atomic mass is 10.2. The van der Waals surface area contributed by atoms with Crippen molar-refractivity contribution in [2.45, 2.75) is 25.7 Å². The maximum atomic E-state index is 12.7. The Hall–Kier alpha value is -2.40. The molecule has 0 saturated carbocycles. The molecular weight excluding hydrogens is 338 g/mol. The largest absolute Gasteiger partial charge is 0.339 e. The van der Waals surface area contributed by atoms with E-state index in [0.717, 1.165) is 38.8 Å². The van der Waals surface area contributed by atoms with Gasteiger partial charge in [-0.05, 0) is 43.2 Å². The van der Waals surface area contributed by atoms with Crippen molar-refractivity contribution >= 4 is 29.1 Å². The lowest BCUT2D eigenvalue weighted by molar-refractivity contribution is 0.0761. The first-order valence-corrected chi connectivity index (χ1v) is 8.83. The molecule has 2 amide bonds. The molecule has 2 heterocycles. The molecule has 3 rings (SSSR count). The van der Waals surface area contributed by atoms with Gasteiger partial charge in [0.2, 0.25) is 0 Å². The molecule has 1 aliphatic heterocycles. The van der Waals surface area contributed by atoms with Crippen LogP contribution in [0.4, 0.5) is 5.69 Å². The Morgan fingerprint density at radius 1 is 1.04 bits per heavy atom. The summed E-state index contributed by atoms with van der Waals surface area (Å²) in [6.45, 7) is 1.54. The van der Waals surface area contributed by atoms with Gasteiger partial charge in [-0.1, -0.05) is 30.5 Å². The van der Waals surface area contributed by atoms with E-state index in [2.05, 4.69) is 10.3 Å². The second kappa shape index (κ2) is 8.12. The van der Waals surface area contributed by atoms with Gasteiger partial charge in [0, 0.05) is 35.6 Å². The van der Waals surface area contributed by atoms with Crippen molar-refractivity contribution in [1.29, 1.82) is 0 Å². The van der Waals surface area contributed by atoms with Crippen LogP contribution in [0, 0.1) is 0 Å². The first-order valence-electron chi connectivity index (χ1n) is 8.46. The van der Waals surface area contributed by atoms with E-state index in [4.69, 9.17) is 11.6 Å². The van der Waals surface area contributed by atoms with Crippen LogP contribution in [0.5, 0.6) is 0 Å². The summed E-state index contributed by atoms with van der Waals surface area (Å²) in [6, 6.07) is 10.1. The van der Waals surface area contributed by atoms with Crippen LogP contribution in [-0.4, -0.2) is 34.8 Å². The number of nitrogens with one attached hydrogen (secondary N) is 1. The highest BCUT2D eigenvalue weighted by atomic mass is 35.5. The smallest absolute Gasteiger partial charge is 0.274 e. The van der Waals surface area contributed by atoms with Gasteiger partial charge in [-0.2, -0.15) is 0 Å². The molecule has 130 valence electrons. The quantitative estimate of drug-likeness (QED) is 0.902. The van der Waals surface area contributed by atoms with Crippen LogP contribution in [0.1, 0.15) is 46.5 Å². The van der Waals surface area contributed by atoms with Gasteiger partial charge in [-0.25, -0.2) is 0 Å². The normalized spacial score (nSPS) is 14.7. The number of pyridine rings is 1. The highest BCUT2D eigenvalue weighted by Crippen LogP contribution is 2.17. The molecule has 0 unspecified atom stereocenters. The predicted octanol–water partition coefficient (Wildman–Crippen LogP) is 4.00. The number of hydrogen-bond donors (Lipinski definition) is 1. The summed E-state index contributed by atoms with van der Waals surface area (Å²) >= 11 is 5.92. The van der Waals surface area contributed by atoms with E-state index in [-0.39, 0.29) is 17.5 Å². The van der Waals surface area contributed by atoms with Gasteiger partial charge in [0.25, 0.3) is 11.8 Å². The van der Waals surface area contributed by atoms with Crippen LogP contribution in [0.15, 0.2) is 42.6 Å². The predicted molar refractivity (Wildman–Crippen MR) is 98.0 cm³/mol. The number of amides is 2. The van der Waals surface area contributed by atoms with Crippen molar-refractivity contribution in [2.75, 3.05) is 18.4 Å². The lowest BCUT2D eigenvalue weighted by Crippen LogP contribution is -2.32. The molecule has 1 saturated heterocycles. The molecule has 0 radical (unpaired) electrons. The van der Waals surface area contributed by atoms with Crippen molar-refractivity contribution in [2.24, 2.45) is 0 Å². The minimum absolute atomic E-state index is 0.0406. The number of carbonyl (C=O) groups excluding carboxylic acids is 2. The van der Waals surface area contributed by atoms with Crippen LogP contribution in [0.2, 0.25) is 5.02 Å². The Labute approximate surface area is 152 Å². The number of nitrogens with zero attached hydrogens (tertiary/aromatic N) is 2. The summed E-state index contributed by atoms with van der Waals surface area (Å²) in [4.78, 5) is 31.0. The zero-order valence-corrected chi connectivity index (χ0v) is 14.6. The third kappa shape index (κ3) is 4.57. The number of likely N-dealkylation sites (tertiary alicyclic amines) is 1. The summed E-state index contributed by atoms with van der Waals surface area (Å²) in [7, 11) is 0. The summed E-state index contributed by atoms with van der Waals surface area (Å²) in [5, 5.41) is 3.28. The van der Waals surface area contributed by atoms with Crippen LogP contribution in [0.3, 0.4) is 0 Å². The number of anilines is 1. The first-order chi connectivity index (χ1) is 12.1. The molecule has 1 N–H and O–H groups in total. The van der Waals surface area contributed by atoms with Crippen LogP contribution in [0.25, 0.3) is 0 Å². The molecule has 6 heteroatoms. The van der Waals surface area contributed by atoms with E-state index >= 15 is 0 Å². The molecular formula is C19H20ClN3O2. The van der Waals surface area contributed by atoms with Gasteiger partial charge in [-0.15, -0.1) is 0 Å². The Kier molecular flexibility index (Phi) is 5.66. The van der Waals surface area contributed by atoms with Crippen molar-refractivity contribution < 1.29 is 9.59 Å². The average Bonchev–Trinajstić information content (AvgIpc) is 2.90. The topological polar surface area (TPSA) is 62.3 Å². The molecule has 2 aromatic rings. The number of hydrogen-bond acceptors (Lipinski definition) is 3. The molecule has 1 aliphatic rings. The van der Waals surface area contributed by atoms with Gasteiger partial charge < -0.3 is 10.2 Å². The van der Waals surface area contributed by atoms with Crippen molar-refractivity contribution in [3.63, 3.8) is 0 Å². The molecule has 0 aliphatic carbocycles. The van der Waals surface area contributed by atoms with Crippen molar-refractivity contribution in [1.82, 2.24) is 9.88 Å². The van der Waals surface area contributed by atoms with E-state index in [0.29, 0.717) is 16.3 Å². The third-order valence-corrected chi connectivity index (χ3v) is 4.45. The fourth-order valence-electron chi connectivity index (χ4n) is 2.91. The fraction of sp³-hybridized carbons (Fsp3) is 0.316. The minimum atomic E-state index is -0.368. The van der Waals surface area contributed by atoms with Gasteiger partial charge in [0.05, 0.1) is 0 Å². The van der Waals surface area contributed by atoms with E-state index in [1.807, 2.05) is 4.90 Å². The van der Waals surface area contributed by atoms with Crippen molar-refractivity contribution in [3.05, 3.63) is 58.9 Å². The lowest BCUT2D eigenvalue weighted by Gasteiger charge is -2.20. The Morgan fingerprint density at radius 2 is 1.80 bits per heavy atom. The average molecular weight is 358 g/mol. The fourth-order valence-corrected chi connectivity index (χ4v) is 3.10. The SMILES string of the molecule is O=C(Nc1cccc(Cl)c1)c1cc(C(=O)N2CCCCCC2)ccn1. The third-order valence-electron chi connectivity index (χ3n) is 4.22. The monoisotopic (exact) mass is 357 g/mol. The highest BCUT2D eigenvalue weighted by Gasteiger charge is 2.19. The molecule has 1 aromatic heterocycles. The standard InChI is InChI=1S/C19H20ClN3O2/c20-15-6-5-7-16(13-15)22-18(24)17-12-14(8-9-21-17)19(25)23-10-3-1-2-4-11-23/h5-9,12-13H,1-4,10-11H2,(H,22,24). The van der Waals surface area contributed by atoms with Crippen LogP contribution in [-0.2, 0) is 0 Å². The number of halogens is 1. The Balaban J connectivity index is 1.74. The highest BCUT2D eigenvalue weighted by molar-refractivity contribution is 6.30. The van der Waals surface area contributed by atoms with E-state index in [9.17, 15) is 9.59 Å². The minimum Gasteiger partial charge on any atom is -0.339 e. The molecule has 1 fully saturated rings. The molecule has 1 aromatic carbocycles. The summed E-state index contributed by atoms with van der Waals surface area (Å²) in [6.07, 6.45) is 5.87. The maximum Gasteiger partial charge on any atom is 0.274 e. The van der Waals surface area contributed by atoms with Crippen LogP contribution < -0.4 is 5.32 Å². The second-order valence-corrected chi connectivity index (χ2v) is 6.54. The van der Waals surface area contributed by atoms with E-state index in [1.54, 1.807) is 36.4 Å². The molecule has 0 spiro atoms. The maximum absolute atomic E-state index is 12.7. The summed E-state index contributed by atoms with van der Waals surface area (Å²) in [5.74, 6) is -0.408. The number of rotatable bonds is 3. The van der Waals surface area contributed by atoms with Gasteiger partial charge in [0.1, 0.15) is 5.69 Å². The molecule has 0 bridgehead atoms. The first kappa shape index (κ1) is 17.4. The van der Waals surface area contributed by atoms with Crippen LogP contribution >= 0.6 is 11.6 Å². The van der Waals surface area contributed by atoms with Gasteiger partial charge >= 0.3 is 0 Å². The molecule has 25 heavy (non-hydrogen) atoms. The van der Waals surface area contributed by atoms with Gasteiger partial charge in [0.15, 0.2) is 0 Å².